The van der Waals surface area contributed by atoms with E-state index in [9.17, 15) is 8.78 Å². The van der Waals surface area contributed by atoms with Crippen molar-refractivity contribution in [3.05, 3.63) is 65.0 Å². The lowest BCUT2D eigenvalue weighted by Crippen LogP contribution is -2.02. The number of aryl methyl sites for hydroxylation is 1. The molecule has 96 valence electrons. The number of pyridine rings is 1. The highest BCUT2D eigenvalue weighted by Gasteiger charge is 2.18. The summed E-state index contributed by atoms with van der Waals surface area (Å²) in [5, 5.41) is -0.785. The van der Waals surface area contributed by atoms with Crippen LogP contribution in [0.2, 0.25) is 0 Å². The third kappa shape index (κ3) is 2.98. The maximum Gasteiger partial charge on any atom is 0.128 e. The lowest BCUT2D eigenvalue weighted by molar-refractivity contribution is 0.586. The zero-order chi connectivity index (χ0) is 12.4. The average molecular weight is 290 g/mol. The van der Waals surface area contributed by atoms with E-state index in [0.717, 1.165) is 23.8 Å². The van der Waals surface area contributed by atoms with Crippen molar-refractivity contribution in [3.8, 4) is 0 Å². The fraction of sp³-hybridized carbons (Fsp3) is 0.154. The number of benzene rings is 1. The second kappa shape index (κ2) is 6.12. The molecule has 0 aliphatic rings. The first-order chi connectivity index (χ1) is 8.09. The van der Waals surface area contributed by atoms with Crippen LogP contribution in [0.5, 0.6) is 0 Å². The summed E-state index contributed by atoms with van der Waals surface area (Å²) in [6.07, 6.45) is 1.58. The fourth-order valence-corrected chi connectivity index (χ4v) is 2.02. The van der Waals surface area contributed by atoms with Crippen molar-refractivity contribution in [1.29, 1.82) is 0 Å². The summed E-state index contributed by atoms with van der Waals surface area (Å²) in [7, 11) is 0. The van der Waals surface area contributed by atoms with Crippen molar-refractivity contribution in [2.75, 3.05) is 0 Å². The molecule has 0 aliphatic heterocycles. The first-order valence-electron chi connectivity index (χ1n) is 5.10. The fourth-order valence-electron chi connectivity index (χ4n) is 1.62. The molecule has 1 unspecified atom stereocenters. The monoisotopic (exact) mass is 289 g/mol. The third-order valence-electron chi connectivity index (χ3n) is 2.52. The second-order valence-corrected chi connectivity index (χ2v) is 4.17. The molecule has 2 rings (SSSR count). The molecule has 1 atom stereocenters. The number of hydrogen-bond donors (Lipinski definition) is 0. The molecule has 0 radical (unpaired) electrons. The number of halogens is 4. The number of aromatic nitrogens is 1. The molecule has 18 heavy (non-hydrogen) atoms. The van der Waals surface area contributed by atoms with Gasteiger partial charge in [-0.2, -0.15) is 0 Å². The summed E-state index contributed by atoms with van der Waals surface area (Å²) < 4.78 is 26.6. The second-order valence-electron chi connectivity index (χ2n) is 3.73. The summed E-state index contributed by atoms with van der Waals surface area (Å²) in [4.78, 5) is 4.10. The molecule has 5 heteroatoms. The van der Waals surface area contributed by atoms with E-state index >= 15 is 0 Å². The Kier molecular flexibility index (Phi) is 5.05. The van der Waals surface area contributed by atoms with E-state index in [1.165, 1.54) is 0 Å². The number of rotatable bonds is 2. The third-order valence-corrected chi connectivity index (χ3v) is 2.96. The predicted octanol–water partition coefficient (Wildman–Crippen LogP) is 4.42. The van der Waals surface area contributed by atoms with E-state index in [1.54, 1.807) is 12.3 Å². The lowest BCUT2D eigenvalue weighted by Gasteiger charge is -2.12. The van der Waals surface area contributed by atoms with E-state index in [-0.39, 0.29) is 18.0 Å². The minimum Gasteiger partial charge on any atom is -0.259 e. The Balaban J connectivity index is 0.00000162. The average Bonchev–Trinajstić information content (AvgIpc) is 2.32. The molecule has 2 aromatic rings. The van der Waals surface area contributed by atoms with Gasteiger partial charge in [-0.1, -0.05) is 6.07 Å². The Morgan fingerprint density at radius 1 is 1.22 bits per heavy atom. The number of nitrogens with zero attached hydrogens (tertiary/aromatic N) is 1. The zero-order valence-corrected chi connectivity index (χ0v) is 11.1. The highest BCUT2D eigenvalue weighted by Crippen LogP contribution is 2.31. The SMILES string of the molecule is Cc1cccnc1C(Cl)c1cc(F)ccc1F.Cl. The number of hydrogen-bond acceptors (Lipinski definition) is 1. The van der Waals surface area contributed by atoms with Crippen LogP contribution in [0.15, 0.2) is 36.5 Å². The summed E-state index contributed by atoms with van der Waals surface area (Å²) >= 11 is 6.14. The molecule has 1 aromatic heterocycles. The molecule has 0 fully saturated rings. The van der Waals surface area contributed by atoms with Gasteiger partial charge < -0.3 is 0 Å². The van der Waals surface area contributed by atoms with Crippen LogP contribution in [0.4, 0.5) is 8.78 Å². The maximum absolute atomic E-state index is 13.6. The van der Waals surface area contributed by atoms with Crippen molar-refractivity contribution in [2.24, 2.45) is 0 Å². The predicted molar refractivity (Wildman–Crippen MR) is 70.3 cm³/mol. The molecule has 0 N–H and O–H groups in total. The molecule has 1 aromatic carbocycles. The van der Waals surface area contributed by atoms with Gasteiger partial charge in [-0.3, -0.25) is 4.98 Å². The normalized spacial score (nSPS) is 11.8. The highest BCUT2D eigenvalue weighted by atomic mass is 35.5. The van der Waals surface area contributed by atoms with Gasteiger partial charge in [0.2, 0.25) is 0 Å². The van der Waals surface area contributed by atoms with E-state index in [2.05, 4.69) is 4.98 Å². The van der Waals surface area contributed by atoms with E-state index < -0.39 is 17.0 Å². The molecule has 0 aliphatic carbocycles. The Hall–Kier alpha value is -1.19. The van der Waals surface area contributed by atoms with Gasteiger partial charge in [0.25, 0.3) is 0 Å². The van der Waals surface area contributed by atoms with Crippen LogP contribution in [-0.4, -0.2) is 4.98 Å². The van der Waals surface area contributed by atoms with Crippen molar-refractivity contribution in [3.63, 3.8) is 0 Å². The molecule has 0 bridgehead atoms. The lowest BCUT2D eigenvalue weighted by atomic mass is 10.0. The Morgan fingerprint density at radius 2 is 1.94 bits per heavy atom. The van der Waals surface area contributed by atoms with Crippen LogP contribution in [0.1, 0.15) is 22.2 Å². The van der Waals surface area contributed by atoms with Crippen LogP contribution in [0.25, 0.3) is 0 Å². The van der Waals surface area contributed by atoms with Gasteiger partial charge in [0, 0.05) is 11.8 Å². The first kappa shape index (κ1) is 14.9. The highest BCUT2D eigenvalue weighted by molar-refractivity contribution is 6.22. The number of alkyl halides is 1. The zero-order valence-electron chi connectivity index (χ0n) is 9.53. The Bertz CT molecular complexity index is 546. The Labute approximate surface area is 115 Å². The standard InChI is InChI=1S/C13H10ClF2N.ClH/c1-8-3-2-6-17-13(8)12(14)10-7-9(15)4-5-11(10)16;/h2-7,12H,1H3;1H. The molecular weight excluding hydrogens is 279 g/mol. The summed E-state index contributed by atoms with van der Waals surface area (Å²) in [5.41, 5.74) is 1.49. The Morgan fingerprint density at radius 3 is 2.61 bits per heavy atom. The minimum absolute atomic E-state index is 0. The van der Waals surface area contributed by atoms with Gasteiger partial charge in [-0.05, 0) is 36.8 Å². The van der Waals surface area contributed by atoms with Crippen LogP contribution < -0.4 is 0 Å². The minimum atomic E-state index is -0.785. The van der Waals surface area contributed by atoms with Crippen molar-refractivity contribution in [1.82, 2.24) is 4.98 Å². The van der Waals surface area contributed by atoms with Crippen molar-refractivity contribution in [2.45, 2.75) is 12.3 Å². The molecule has 0 amide bonds. The molecule has 1 heterocycles. The molecule has 1 nitrogen and oxygen atoms in total. The van der Waals surface area contributed by atoms with Crippen molar-refractivity contribution < 1.29 is 8.78 Å². The molecule has 0 saturated heterocycles. The maximum atomic E-state index is 13.6. The van der Waals surface area contributed by atoms with Crippen molar-refractivity contribution >= 4 is 24.0 Å². The molecular formula is C13H11Cl2F2N. The van der Waals surface area contributed by atoms with E-state index in [1.807, 2.05) is 13.0 Å². The molecule has 0 spiro atoms. The quantitative estimate of drug-likeness (QED) is 0.746. The van der Waals surface area contributed by atoms with Crippen LogP contribution in [0, 0.1) is 18.6 Å². The smallest absolute Gasteiger partial charge is 0.128 e. The first-order valence-corrected chi connectivity index (χ1v) is 5.54. The van der Waals surface area contributed by atoms with Gasteiger partial charge in [-0.25, -0.2) is 8.78 Å². The summed E-state index contributed by atoms with van der Waals surface area (Å²) in [6, 6.07) is 6.83. The van der Waals surface area contributed by atoms with Crippen LogP contribution in [-0.2, 0) is 0 Å². The van der Waals surface area contributed by atoms with Gasteiger partial charge in [0.1, 0.15) is 17.0 Å². The summed E-state index contributed by atoms with van der Waals surface area (Å²) in [5.74, 6) is -1.04. The van der Waals surface area contributed by atoms with Gasteiger partial charge in [0.05, 0.1) is 5.69 Å². The van der Waals surface area contributed by atoms with Gasteiger partial charge in [-0.15, -0.1) is 24.0 Å². The largest absolute Gasteiger partial charge is 0.259 e. The summed E-state index contributed by atoms with van der Waals surface area (Å²) in [6.45, 7) is 1.83. The molecule has 0 saturated carbocycles. The van der Waals surface area contributed by atoms with Gasteiger partial charge in [0.15, 0.2) is 0 Å². The van der Waals surface area contributed by atoms with E-state index in [4.69, 9.17) is 11.6 Å². The van der Waals surface area contributed by atoms with Gasteiger partial charge >= 0.3 is 0 Å². The van der Waals surface area contributed by atoms with E-state index in [0.29, 0.717) is 5.69 Å². The van der Waals surface area contributed by atoms with Crippen LogP contribution >= 0.6 is 24.0 Å². The van der Waals surface area contributed by atoms with Crippen LogP contribution in [0.3, 0.4) is 0 Å². The topological polar surface area (TPSA) is 12.9 Å².